The van der Waals surface area contributed by atoms with Crippen molar-refractivity contribution in [1.82, 2.24) is 56.8 Å². The predicted octanol–water partition coefficient (Wildman–Crippen LogP) is -3.13. The number of hydrogen-bond acceptors (Lipinski definition) is 14. The van der Waals surface area contributed by atoms with E-state index in [9.17, 15) is 53.4 Å². The highest BCUT2D eigenvalue weighted by Gasteiger charge is 2.35. The number of carboxylic acids is 3. The molecular weight excluding hydrogens is 957 g/mol. The molecule has 0 aliphatic carbocycles. The Balaban J connectivity index is 1.65. The third-order valence-electron chi connectivity index (χ3n) is 11.4. The van der Waals surface area contributed by atoms with Crippen LogP contribution in [-0.2, 0) is 62.4 Å². The quantitative estimate of drug-likeness (QED) is 0.0127. The lowest BCUT2D eigenvalue weighted by atomic mass is 10.0. The number of nitrogens with two attached hydrogens (primary N) is 4. The van der Waals surface area contributed by atoms with Crippen molar-refractivity contribution in [2.75, 3.05) is 13.1 Å². The number of para-hydroxylation sites is 1. The van der Waals surface area contributed by atoms with Gasteiger partial charge in [0, 0.05) is 79.5 Å². The van der Waals surface area contributed by atoms with E-state index in [0.29, 0.717) is 40.7 Å². The van der Waals surface area contributed by atoms with Crippen LogP contribution in [-0.4, -0.2) is 155 Å². The molecule has 0 fully saturated rings. The number of aromatic nitrogens is 5. The van der Waals surface area contributed by atoms with Crippen LogP contribution in [0.5, 0.6) is 0 Å². The van der Waals surface area contributed by atoms with Gasteiger partial charge in [0.1, 0.15) is 36.3 Å². The molecule has 0 bridgehead atoms. The monoisotopic (exact) mass is 1020 g/mol. The summed E-state index contributed by atoms with van der Waals surface area (Å²) in [6.07, 6.45) is 5.31. The summed E-state index contributed by atoms with van der Waals surface area (Å²) >= 11 is 0. The Morgan fingerprint density at radius 3 is 1.59 bits per heavy atom. The smallest absolute Gasteiger partial charge is 0.326 e. The molecule has 0 saturated carbocycles. The maximum atomic E-state index is 14.6. The van der Waals surface area contributed by atoms with Crippen LogP contribution in [0.25, 0.3) is 10.9 Å². The number of unbranched alkanes of at least 4 members (excludes halogenated alkanes) is 1. The highest BCUT2D eigenvalue weighted by Crippen LogP contribution is 2.20. The number of aliphatic carboxylic acids is 3. The minimum Gasteiger partial charge on any atom is -0.481 e. The number of aromatic amines is 3. The van der Waals surface area contributed by atoms with Gasteiger partial charge >= 0.3 is 17.9 Å². The molecule has 0 saturated heterocycles. The predicted molar refractivity (Wildman–Crippen MR) is 260 cm³/mol. The maximum Gasteiger partial charge on any atom is 0.326 e. The number of fused-ring (bicyclic) bond motifs is 1. The molecule has 20 N–H and O–H groups in total. The van der Waals surface area contributed by atoms with Gasteiger partial charge in [-0.1, -0.05) is 18.2 Å². The topological polar surface area (TPSA) is 476 Å². The van der Waals surface area contributed by atoms with Crippen LogP contribution >= 0.6 is 0 Å². The zero-order valence-corrected chi connectivity index (χ0v) is 39.8. The third kappa shape index (κ3) is 19.4. The Labute approximate surface area is 417 Å². The Morgan fingerprint density at radius 2 is 1.05 bits per heavy atom. The van der Waals surface area contributed by atoms with Gasteiger partial charge in [-0.15, -0.1) is 0 Å². The number of amides is 6. The van der Waals surface area contributed by atoms with Crippen molar-refractivity contribution < 1.29 is 58.5 Å². The molecule has 0 spiro atoms. The summed E-state index contributed by atoms with van der Waals surface area (Å²) in [5.74, 6) is -9.67. The summed E-state index contributed by atoms with van der Waals surface area (Å²) in [7, 11) is 0. The van der Waals surface area contributed by atoms with Gasteiger partial charge in [0.15, 0.2) is 5.96 Å². The van der Waals surface area contributed by atoms with Crippen molar-refractivity contribution in [3.8, 4) is 0 Å². The van der Waals surface area contributed by atoms with Crippen molar-refractivity contribution in [1.29, 1.82) is 0 Å². The molecule has 4 aromatic rings. The number of H-pyrrole nitrogens is 3. The molecule has 0 aliphatic rings. The van der Waals surface area contributed by atoms with Gasteiger partial charge in [-0.2, -0.15) is 0 Å². The van der Waals surface area contributed by atoms with Crippen molar-refractivity contribution in [2.45, 2.75) is 119 Å². The van der Waals surface area contributed by atoms with Crippen molar-refractivity contribution in [3.05, 3.63) is 72.5 Å². The number of guanidine groups is 1. The number of carbonyl (C=O) groups excluding carboxylic acids is 6. The Kier molecular flexibility index (Phi) is 22.8. The summed E-state index contributed by atoms with van der Waals surface area (Å²) in [6, 6.07) is -3.08. The second-order valence-corrected chi connectivity index (χ2v) is 17.0. The number of rotatable bonds is 33. The van der Waals surface area contributed by atoms with E-state index in [1.165, 1.54) is 25.0 Å². The highest BCUT2D eigenvalue weighted by molar-refractivity contribution is 5.98. The van der Waals surface area contributed by atoms with Crippen molar-refractivity contribution in [2.24, 2.45) is 27.9 Å². The number of nitrogens with zero attached hydrogens (tertiary/aromatic N) is 3. The molecule has 3 aromatic heterocycles. The Morgan fingerprint density at radius 1 is 0.575 bits per heavy atom. The first-order valence-corrected chi connectivity index (χ1v) is 23.3. The summed E-state index contributed by atoms with van der Waals surface area (Å²) in [6.45, 7) is 0.276. The van der Waals surface area contributed by atoms with Gasteiger partial charge in [0.05, 0.1) is 18.7 Å². The average Bonchev–Trinajstić information content (AvgIpc) is 4.15. The minimum atomic E-state index is -1.64. The molecule has 0 aliphatic heterocycles. The average molecular weight is 1020 g/mol. The number of hydrogen-bond donors (Lipinski definition) is 16. The normalized spacial score (nSPS) is 13.9. The molecular formula is C45H64N16O12. The lowest BCUT2D eigenvalue weighted by molar-refractivity contribution is -0.142. The van der Waals surface area contributed by atoms with Gasteiger partial charge < -0.3 is 85.1 Å². The first-order chi connectivity index (χ1) is 34.8. The van der Waals surface area contributed by atoms with E-state index in [1.807, 2.05) is 0 Å². The number of aliphatic imine (C=N–C) groups is 1. The largest absolute Gasteiger partial charge is 0.481 e. The van der Waals surface area contributed by atoms with E-state index in [0.717, 1.165) is 0 Å². The summed E-state index contributed by atoms with van der Waals surface area (Å²) < 4.78 is 0. The highest BCUT2D eigenvalue weighted by atomic mass is 16.4. The van der Waals surface area contributed by atoms with E-state index >= 15 is 0 Å². The van der Waals surface area contributed by atoms with Crippen molar-refractivity contribution >= 4 is 70.2 Å². The number of nitrogens with one attached hydrogen (secondary N) is 9. The van der Waals surface area contributed by atoms with E-state index in [4.69, 9.17) is 28.0 Å². The first kappa shape index (κ1) is 57.2. The molecule has 6 amide bonds. The fourth-order valence-electron chi connectivity index (χ4n) is 7.49. The van der Waals surface area contributed by atoms with Crippen molar-refractivity contribution in [3.63, 3.8) is 0 Å². The van der Waals surface area contributed by atoms with Crippen LogP contribution in [0.1, 0.15) is 74.7 Å². The van der Waals surface area contributed by atoms with Crippen LogP contribution in [0.3, 0.4) is 0 Å². The lowest BCUT2D eigenvalue weighted by Crippen LogP contribution is -2.60. The van der Waals surface area contributed by atoms with E-state index in [1.54, 1.807) is 30.5 Å². The number of carboxylic acid groups (broad SMARTS) is 3. The zero-order valence-electron chi connectivity index (χ0n) is 39.8. The molecule has 396 valence electrons. The Hall–Kier alpha value is -8.40. The van der Waals surface area contributed by atoms with E-state index in [-0.39, 0.29) is 64.0 Å². The van der Waals surface area contributed by atoms with E-state index < -0.39 is 115 Å². The van der Waals surface area contributed by atoms with Gasteiger partial charge in [0.2, 0.25) is 35.4 Å². The third-order valence-corrected chi connectivity index (χ3v) is 11.4. The molecule has 28 heteroatoms. The van der Waals surface area contributed by atoms with Crippen LogP contribution in [0.4, 0.5) is 0 Å². The second kappa shape index (κ2) is 29.1. The Bertz CT molecular complexity index is 2510. The van der Waals surface area contributed by atoms with Crippen LogP contribution < -0.4 is 54.8 Å². The standard InChI is InChI=1S/C45H64N16O12/c46-14-4-3-8-30(40(68)61-35(44(72)73)18-26-21-51-23-55-26)57-41(69)32(11-13-37(64)65)58-43(71)34(17-25-20-50-22-54-25)60-42(70)33(16-24-19-53-29-7-2-1-6-27(24)29)59-39(67)31(9-5-15-52-45(48)49)56-38(66)28(47)10-12-36(62)63/h1-2,6-7,19-23,28,30-35,53H,3-5,8-18,46-47H2,(H,50,54)(H,51,55)(H,56,66)(H,57,69)(H,58,71)(H,59,67)(H,60,70)(H,61,68)(H,62,63)(H,64,65)(H,72,73)(H4,48,49,52)/t28-,30-,31-,32-,33-,34-,35-/m0/s1. The number of imidazole rings is 2. The van der Waals surface area contributed by atoms with Gasteiger partial charge in [-0.05, 0) is 63.1 Å². The second-order valence-electron chi connectivity index (χ2n) is 17.0. The van der Waals surface area contributed by atoms with E-state index in [2.05, 4.69) is 61.8 Å². The molecule has 73 heavy (non-hydrogen) atoms. The molecule has 4 rings (SSSR count). The number of carbonyl (C=O) groups is 9. The SMILES string of the molecule is NCCCC[C@H](NC(=O)[C@H](CCC(=O)O)NC(=O)[C@H](Cc1cnc[nH]1)NC(=O)[C@H](Cc1c[nH]c2ccccc12)NC(=O)[C@H](CCCN=C(N)N)NC(=O)[C@@H](N)CCC(=O)O)C(=O)N[C@@H](Cc1cnc[nH]1)C(=O)O. The fourth-order valence-corrected chi connectivity index (χ4v) is 7.49. The first-order valence-electron chi connectivity index (χ1n) is 23.3. The van der Waals surface area contributed by atoms with Gasteiger partial charge in [-0.25, -0.2) is 14.8 Å². The molecule has 0 radical (unpaired) electrons. The fraction of sp³-hybridized carbons (Fsp3) is 0.467. The summed E-state index contributed by atoms with van der Waals surface area (Å²) in [5, 5.41) is 44.6. The molecule has 3 heterocycles. The van der Waals surface area contributed by atoms with Crippen LogP contribution in [0.2, 0.25) is 0 Å². The van der Waals surface area contributed by atoms with Gasteiger partial charge in [0.25, 0.3) is 0 Å². The molecule has 1 aromatic carbocycles. The minimum absolute atomic E-state index is 0.0227. The van der Waals surface area contributed by atoms with Crippen LogP contribution in [0, 0.1) is 0 Å². The maximum absolute atomic E-state index is 14.6. The summed E-state index contributed by atoms with van der Waals surface area (Å²) in [5.41, 5.74) is 24.5. The van der Waals surface area contributed by atoms with Crippen LogP contribution in [0.15, 0.2) is 60.5 Å². The summed E-state index contributed by atoms with van der Waals surface area (Å²) in [4.78, 5) is 140. The molecule has 0 unspecified atom stereocenters. The van der Waals surface area contributed by atoms with Gasteiger partial charge in [-0.3, -0.25) is 43.3 Å². The molecule has 28 nitrogen and oxygen atoms in total. The molecule has 7 atom stereocenters. The zero-order chi connectivity index (χ0) is 53.5. The number of benzene rings is 1. The lowest BCUT2D eigenvalue weighted by Gasteiger charge is -2.27.